The summed E-state index contributed by atoms with van der Waals surface area (Å²) in [5, 5.41) is 16.3. The van der Waals surface area contributed by atoms with Crippen molar-refractivity contribution in [2.45, 2.75) is 44.8 Å². The molecule has 4 N–H and O–H groups in total. The molecule has 0 bridgehead atoms. The molecule has 0 spiro atoms. The van der Waals surface area contributed by atoms with Gasteiger partial charge in [-0.05, 0) is 49.8 Å². The third-order valence-corrected chi connectivity index (χ3v) is 7.73. The number of halogens is 1. The van der Waals surface area contributed by atoms with Crippen LogP contribution in [0.4, 0.5) is 4.39 Å². The van der Waals surface area contributed by atoms with Crippen LogP contribution in [0, 0.1) is 11.7 Å². The number of nitrogens with two attached hydrogens (primary N) is 1. The Bertz CT molecular complexity index is 876. The van der Waals surface area contributed by atoms with E-state index in [0.717, 1.165) is 22.7 Å². The number of hydrogen-bond acceptors (Lipinski definition) is 7. The molecule has 2 heterocycles. The average molecular weight is 490 g/mol. The highest BCUT2D eigenvalue weighted by molar-refractivity contribution is 7.89. The van der Waals surface area contributed by atoms with Crippen LogP contribution in [0.1, 0.15) is 37.7 Å². The molecule has 1 aromatic carbocycles. The van der Waals surface area contributed by atoms with E-state index in [2.05, 4.69) is 5.90 Å². The number of sulfonamides is 1. The number of hydrogen-bond donors (Lipinski definition) is 3. The Morgan fingerprint density at radius 2 is 1.73 bits per heavy atom. The monoisotopic (exact) mass is 489 g/mol. The summed E-state index contributed by atoms with van der Waals surface area (Å²) in [6.45, 7) is 1.69. The van der Waals surface area contributed by atoms with Crippen LogP contribution < -0.4 is 5.90 Å². The summed E-state index contributed by atoms with van der Waals surface area (Å²) in [5.41, 5.74) is 0.773. The van der Waals surface area contributed by atoms with Gasteiger partial charge in [0.05, 0.1) is 18.3 Å². The maximum Gasteiger partial charge on any atom is 0.322 e. The third kappa shape index (κ3) is 7.44. The van der Waals surface area contributed by atoms with Gasteiger partial charge < -0.3 is 20.0 Å². The van der Waals surface area contributed by atoms with Crippen LogP contribution in [-0.2, 0) is 31.0 Å². The van der Waals surface area contributed by atoms with E-state index < -0.39 is 28.0 Å². The minimum absolute atomic E-state index is 0.0967. The molecule has 186 valence electrons. The number of benzene rings is 1. The lowest BCUT2D eigenvalue weighted by Gasteiger charge is -2.38. The first kappa shape index (κ1) is 27.1. The van der Waals surface area contributed by atoms with Crippen molar-refractivity contribution in [1.82, 2.24) is 9.21 Å². The van der Waals surface area contributed by atoms with Gasteiger partial charge >= 0.3 is 5.97 Å². The van der Waals surface area contributed by atoms with Gasteiger partial charge in [0.2, 0.25) is 15.9 Å². The summed E-state index contributed by atoms with van der Waals surface area (Å²) in [4.78, 5) is 26.5. The summed E-state index contributed by atoms with van der Waals surface area (Å²) in [6.07, 6.45) is 2.79. The SMILES string of the molecule is NO.O=C(O)C1C(C(=O)N2CCCC2)CCCN1S(=O)(=O)CCCOCc1ccc(F)cc1. The molecule has 2 atom stereocenters. The third-order valence-electron chi connectivity index (χ3n) is 5.80. The van der Waals surface area contributed by atoms with Crippen LogP contribution in [0.25, 0.3) is 0 Å². The Labute approximate surface area is 193 Å². The van der Waals surface area contributed by atoms with E-state index in [1.54, 1.807) is 17.0 Å². The van der Waals surface area contributed by atoms with Crippen LogP contribution >= 0.6 is 0 Å². The zero-order chi connectivity index (χ0) is 24.4. The van der Waals surface area contributed by atoms with Crippen molar-refractivity contribution >= 4 is 21.9 Å². The van der Waals surface area contributed by atoms with Gasteiger partial charge in [-0.15, -0.1) is 0 Å². The highest BCUT2D eigenvalue weighted by Gasteiger charge is 2.46. The van der Waals surface area contributed by atoms with Gasteiger partial charge in [0.1, 0.15) is 11.9 Å². The molecule has 0 aromatic heterocycles. The number of carbonyl (C=O) groups excluding carboxylic acids is 1. The first-order chi connectivity index (χ1) is 15.8. The topological polar surface area (TPSA) is 150 Å². The van der Waals surface area contributed by atoms with Gasteiger partial charge in [-0.2, -0.15) is 4.31 Å². The fourth-order valence-electron chi connectivity index (χ4n) is 4.23. The molecule has 2 aliphatic heterocycles. The molecular weight excluding hydrogens is 457 g/mol. The molecular formula is C21H32FN3O7S. The van der Waals surface area contributed by atoms with Crippen molar-refractivity contribution in [1.29, 1.82) is 0 Å². The van der Waals surface area contributed by atoms with Crippen molar-refractivity contribution in [3.05, 3.63) is 35.6 Å². The molecule has 2 aliphatic rings. The highest BCUT2D eigenvalue weighted by Crippen LogP contribution is 2.29. The van der Waals surface area contributed by atoms with Gasteiger partial charge in [0, 0.05) is 26.2 Å². The van der Waals surface area contributed by atoms with Gasteiger partial charge in [-0.25, -0.2) is 18.7 Å². The van der Waals surface area contributed by atoms with Crippen molar-refractivity contribution in [2.75, 3.05) is 32.0 Å². The van der Waals surface area contributed by atoms with Crippen molar-refractivity contribution in [3.8, 4) is 0 Å². The molecule has 0 radical (unpaired) electrons. The maximum atomic E-state index is 12.9. The molecule has 12 heteroatoms. The van der Waals surface area contributed by atoms with E-state index in [9.17, 15) is 27.5 Å². The number of amides is 1. The van der Waals surface area contributed by atoms with Crippen molar-refractivity contribution in [2.24, 2.45) is 11.8 Å². The number of carboxylic acids is 1. The fourth-order valence-corrected chi connectivity index (χ4v) is 5.94. The standard InChI is InChI=1S/C21H29FN2O6S.H3NO/c22-17-8-6-16(7-9-17)15-30-13-4-14-31(28,29)24-12-3-5-18(19(24)21(26)27)20(25)23-10-1-2-11-23;1-2/h6-9,18-19H,1-5,10-15H2,(H,26,27);2H,1H2. The summed E-state index contributed by atoms with van der Waals surface area (Å²) in [6, 6.07) is 4.47. The van der Waals surface area contributed by atoms with Gasteiger partial charge in [0.15, 0.2) is 0 Å². The average Bonchev–Trinajstić information content (AvgIpc) is 3.35. The minimum atomic E-state index is -3.87. The minimum Gasteiger partial charge on any atom is -0.480 e. The molecule has 2 fully saturated rings. The van der Waals surface area contributed by atoms with Gasteiger partial charge in [-0.3, -0.25) is 9.59 Å². The number of ether oxygens (including phenoxy) is 1. The maximum absolute atomic E-state index is 12.9. The number of carbonyl (C=O) groups is 2. The summed E-state index contributed by atoms with van der Waals surface area (Å²) >= 11 is 0. The zero-order valence-corrected chi connectivity index (χ0v) is 19.3. The second-order valence-corrected chi connectivity index (χ2v) is 10.1. The first-order valence-corrected chi connectivity index (χ1v) is 12.5. The largest absolute Gasteiger partial charge is 0.480 e. The molecule has 3 rings (SSSR count). The first-order valence-electron chi connectivity index (χ1n) is 10.9. The van der Waals surface area contributed by atoms with E-state index in [0.29, 0.717) is 25.9 Å². The zero-order valence-electron chi connectivity index (χ0n) is 18.4. The molecule has 0 saturated carbocycles. The van der Waals surface area contributed by atoms with Crippen LogP contribution in [-0.4, -0.2) is 77.8 Å². The second kappa shape index (κ2) is 12.9. The molecule has 10 nitrogen and oxygen atoms in total. The lowest BCUT2D eigenvalue weighted by Crippen LogP contribution is -2.57. The number of nitrogens with zero attached hydrogens (tertiary/aromatic N) is 2. The molecule has 1 aromatic rings. The van der Waals surface area contributed by atoms with Crippen molar-refractivity contribution in [3.63, 3.8) is 0 Å². The van der Waals surface area contributed by atoms with Gasteiger partial charge in [-0.1, -0.05) is 12.1 Å². The molecule has 0 aliphatic carbocycles. The Balaban J connectivity index is 0.00000187. The van der Waals surface area contributed by atoms with Crippen LogP contribution in [0.2, 0.25) is 0 Å². The molecule has 2 saturated heterocycles. The molecule has 2 unspecified atom stereocenters. The highest BCUT2D eigenvalue weighted by atomic mass is 32.2. The van der Waals surface area contributed by atoms with E-state index >= 15 is 0 Å². The molecule has 1 amide bonds. The number of aliphatic carboxylic acids is 1. The smallest absolute Gasteiger partial charge is 0.322 e. The number of likely N-dealkylation sites (tertiary alicyclic amines) is 1. The predicted octanol–water partition coefficient (Wildman–Crippen LogP) is 1.18. The van der Waals surface area contributed by atoms with E-state index in [1.807, 2.05) is 0 Å². The summed E-state index contributed by atoms with van der Waals surface area (Å²) in [7, 11) is -3.87. The lowest BCUT2D eigenvalue weighted by atomic mass is 9.89. The van der Waals surface area contributed by atoms with E-state index in [1.165, 1.54) is 12.1 Å². The second-order valence-electron chi connectivity index (χ2n) is 8.02. The van der Waals surface area contributed by atoms with Crippen LogP contribution in [0.3, 0.4) is 0 Å². The van der Waals surface area contributed by atoms with Crippen LogP contribution in [0.5, 0.6) is 0 Å². The van der Waals surface area contributed by atoms with E-state index in [-0.39, 0.29) is 43.7 Å². The molecule has 33 heavy (non-hydrogen) atoms. The normalized spacial score (nSPS) is 21.4. The summed E-state index contributed by atoms with van der Waals surface area (Å²) < 4.78 is 45.2. The van der Waals surface area contributed by atoms with E-state index in [4.69, 9.17) is 9.94 Å². The quantitative estimate of drug-likeness (QED) is 0.346. The predicted molar refractivity (Wildman–Crippen MR) is 117 cm³/mol. The van der Waals surface area contributed by atoms with Gasteiger partial charge in [0.25, 0.3) is 0 Å². The van der Waals surface area contributed by atoms with Crippen LogP contribution in [0.15, 0.2) is 24.3 Å². The lowest BCUT2D eigenvalue weighted by molar-refractivity contribution is -0.151. The fraction of sp³-hybridized carbons (Fsp3) is 0.619. The summed E-state index contributed by atoms with van der Waals surface area (Å²) in [5.74, 6) is 0.505. The number of carboxylic acid groups (broad SMARTS) is 1. The van der Waals surface area contributed by atoms with Crippen molar-refractivity contribution < 1.29 is 37.4 Å². The Hall–Kier alpha value is -2.12. The Morgan fingerprint density at radius 3 is 2.33 bits per heavy atom. The Morgan fingerprint density at radius 1 is 1.09 bits per heavy atom. The number of rotatable bonds is 9. The number of piperidine rings is 1. The Kier molecular flexibility index (Phi) is 10.6.